The minimum atomic E-state index is -0.385. The summed E-state index contributed by atoms with van der Waals surface area (Å²) in [5.74, 6) is -0.598. The summed E-state index contributed by atoms with van der Waals surface area (Å²) in [5.41, 5.74) is 4.81. The molecule has 0 fully saturated rings. The van der Waals surface area contributed by atoms with Crippen LogP contribution in [-0.4, -0.2) is 24.1 Å². The van der Waals surface area contributed by atoms with Crippen molar-refractivity contribution in [2.75, 3.05) is 6.54 Å². The second-order valence-corrected chi connectivity index (χ2v) is 5.61. The highest BCUT2D eigenvalue weighted by Gasteiger charge is 2.06. The summed E-state index contributed by atoms with van der Waals surface area (Å²) in [6.45, 7) is 1.65. The van der Waals surface area contributed by atoms with Crippen LogP contribution in [0.15, 0.2) is 59.7 Å². The van der Waals surface area contributed by atoms with Crippen LogP contribution in [0.3, 0.4) is 0 Å². The van der Waals surface area contributed by atoms with Gasteiger partial charge in [-0.15, -0.1) is 0 Å². The molecule has 2 rings (SSSR count). The Morgan fingerprint density at radius 1 is 1.00 bits per heavy atom. The van der Waals surface area contributed by atoms with E-state index in [2.05, 4.69) is 15.8 Å². The molecule has 6 heteroatoms. The molecule has 0 saturated heterocycles. The third-order valence-electron chi connectivity index (χ3n) is 3.26. The third kappa shape index (κ3) is 5.85. The lowest BCUT2D eigenvalue weighted by atomic mass is 10.1. The molecule has 2 aromatic carbocycles. The maximum atomic E-state index is 11.8. The second-order valence-electron chi connectivity index (χ2n) is 5.18. The van der Waals surface area contributed by atoms with E-state index in [0.717, 1.165) is 11.1 Å². The zero-order valence-corrected chi connectivity index (χ0v) is 14.0. The van der Waals surface area contributed by atoms with E-state index >= 15 is 0 Å². The lowest BCUT2D eigenvalue weighted by Gasteiger charge is -2.05. The van der Waals surface area contributed by atoms with Crippen molar-refractivity contribution < 1.29 is 9.59 Å². The first-order valence-electron chi connectivity index (χ1n) is 7.44. The summed E-state index contributed by atoms with van der Waals surface area (Å²) in [7, 11) is 0. The van der Waals surface area contributed by atoms with Crippen molar-refractivity contribution in [2.45, 2.75) is 13.3 Å². The average molecular weight is 344 g/mol. The summed E-state index contributed by atoms with van der Waals surface area (Å²) in [6, 6.07) is 16.5. The molecule has 0 radical (unpaired) electrons. The fraction of sp³-hybridized carbons (Fsp3) is 0.167. The SMILES string of the molecule is C/C(=N\NC(=O)CNC(=O)Cc1ccccc1)c1ccc(Cl)cc1. The maximum Gasteiger partial charge on any atom is 0.259 e. The maximum absolute atomic E-state index is 11.8. The number of carbonyl (C=O) groups excluding carboxylic acids is 2. The zero-order valence-electron chi connectivity index (χ0n) is 13.3. The van der Waals surface area contributed by atoms with Gasteiger partial charge in [0.25, 0.3) is 5.91 Å². The van der Waals surface area contributed by atoms with E-state index < -0.39 is 0 Å². The average Bonchev–Trinajstić information content (AvgIpc) is 2.59. The fourth-order valence-electron chi connectivity index (χ4n) is 1.96. The van der Waals surface area contributed by atoms with E-state index in [1.54, 1.807) is 19.1 Å². The smallest absolute Gasteiger partial charge is 0.259 e. The normalized spacial score (nSPS) is 11.0. The van der Waals surface area contributed by atoms with Gasteiger partial charge in [0, 0.05) is 5.02 Å². The minimum Gasteiger partial charge on any atom is -0.347 e. The van der Waals surface area contributed by atoms with Crippen LogP contribution in [-0.2, 0) is 16.0 Å². The van der Waals surface area contributed by atoms with Crippen LogP contribution < -0.4 is 10.7 Å². The Bertz CT molecular complexity index is 728. The van der Waals surface area contributed by atoms with Gasteiger partial charge in [-0.1, -0.05) is 54.1 Å². The Morgan fingerprint density at radius 3 is 2.33 bits per heavy atom. The fourth-order valence-corrected chi connectivity index (χ4v) is 2.09. The van der Waals surface area contributed by atoms with E-state index in [-0.39, 0.29) is 24.8 Å². The first-order valence-corrected chi connectivity index (χ1v) is 7.82. The largest absolute Gasteiger partial charge is 0.347 e. The minimum absolute atomic E-state index is 0.122. The van der Waals surface area contributed by atoms with Crippen LogP contribution >= 0.6 is 11.6 Å². The van der Waals surface area contributed by atoms with Crippen molar-refractivity contribution in [2.24, 2.45) is 5.10 Å². The molecule has 0 aromatic heterocycles. The lowest BCUT2D eigenvalue weighted by Crippen LogP contribution is -2.36. The number of hydrogen-bond acceptors (Lipinski definition) is 3. The summed E-state index contributed by atoms with van der Waals surface area (Å²) in [4.78, 5) is 23.5. The van der Waals surface area contributed by atoms with Crippen molar-refractivity contribution in [3.8, 4) is 0 Å². The predicted octanol–water partition coefficient (Wildman–Crippen LogP) is 2.54. The lowest BCUT2D eigenvalue weighted by molar-refractivity contribution is -0.125. The van der Waals surface area contributed by atoms with E-state index in [4.69, 9.17) is 11.6 Å². The van der Waals surface area contributed by atoms with Gasteiger partial charge in [0.2, 0.25) is 5.91 Å². The second kappa shape index (κ2) is 8.84. The summed E-state index contributed by atoms with van der Waals surface area (Å²) < 4.78 is 0. The Kier molecular flexibility index (Phi) is 6.51. The molecule has 0 spiro atoms. The molecule has 5 nitrogen and oxygen atoms in total. The van der Waals surface area contributed by atoms with E-state index in [9.17, 15) is 9.59 Å². The molecular weight excluding hydrogens is 326 g/mol. The van der Waals surface area contributed by atoms with Crippen molar-refractivity contribution in [1.82, 2.24) is 10.7 Å². The van der Waals surface area contributed by atoms with Gasteiger partial charge in [0.05, 0.1) is 18.7 Å². The molecule has 124 valence electrons. The number of carbonyl (C=O) groups is 2. The van der Waals surface area contributed by atoms with Gasteiger partial charge in [0.1, 0.15) is 0 Å². The molecule has 2 N–H and O–H groups in total. The molecule has 2 amide bonds. The van der Waals surface area contributed by atoms with Crippen LogP contribution in [0.2, 0.25) is 5.02 Å². The number of nitrogens with one attached hydrogen (secondary N) is 2. The number of hydrogen-bond donors (Lipinski definition) is 2. The zero-order chi connectivity index (χ0) is 17.4. The molecule has 0 unspecified atom stereocenters. The van der Waals surface area contributed by atoms with Gasteiger partial charge in [-0.25, -0.2) is 5.43 Å². The standard InChI is InChI=1S/C18H18ClN3O2/c1-13(15-7-9-16(19)10-8-15)21-22-18(24)12-20-17(23)11-14-5-3-2-4-6-14/h2-10H,11-12H2,1H3,(H,20,23)(H,22,24)/b21-13+. The van der Waals surface area contributed by atoms with Gasteiger partial charge >= 0.3 is 0 Å². The molecule has 0 heterocycles. The Hall–Kier alpha value is -2.66. The van der Waals surface area contributed by atoms with Crippen LogP contribution in [0, 0.1) is 0 Å². The Labute approximate surface area is 145 Å². The molecule has 0 bridgehead atoms. The number of rotatable bonds is 6. The van der Waals surface area contributed by atoms with E-state index in [1.807, 2.05) is 42.5 Å². The Balaban J connectivity index is 1.77. The van der Waals surface area contributed by atoms with Crippen molar-refractivity contribution in [3.05, 3.63) is 70.7 Å². The summed E-state index contributed by atoms with van der Waals surface area (Å²) >= 11 is 5.82. The van der Waals surface area contributed by atoms with Gasteiger partial charge in [-0.3, -0.25) is 9.59 Å². The molecule has 0 saturated carbocycles. The van der Waals surface area contributed by atoms with Gasteiger partial charge in [-0.2, -0.15) is 5.10 Å². The summed E-state index contributed by atoms with van der Waals surface area (Å²) in [6.07, 6.45) is 0.237. The monoisotopic (exact) mass is 343 g/mol. The Morgan fingerprint density at radius 2 is 1.67 bits per heavy atom. The summed E-state index contributed by atoms with van der Waals surface area (Å²) in [5, 5.41) is 7.21. The quantitative estimate of drug-likeness (QED) is 0.625. The van der Waals surface area contributed by atoms with Crippen LogP contribution in [0.25, 0.3) is 0 Å². The van der Waals surface area contributed by atoms with E-state index in [1.165, 1.54) is 0 Å². The number of hydrazone groups is 1. The van der Waals surface area contributed by atoms with Crippen LogP contribution in [0.4, 0.5) is 0 Å². The molecule has 24 heavy (non-hydrogen) atoms. The van der Waals surface area contributed by atoms with Gasteiger partial charge < -0.3 is 5.32 Å². The van der Waals surface area contributed by atoms with E-state index in [0.29, 0.717) is 10.7 Å². The molecule has 0 aliphatic heterocycles. The van der Waals surface area contributed by atoms with Crippen molar-refractivity contribution >= 4 is 29.1 Å². The van der Waals surface area contributed by atoms with Crippen LogP contribution in [0.1, 0.15) is 18.1 Å². The van der Waals surface area contributed by atoms with Gasteiger partial charge in [-0.05, 0) is 30.2 Å². The third-order valence-corrected chi connectivity index (χ3v) is 3.52. The predicted molar refractivity (Wildman–Crippen MR) is 95.0 cm³/mol. The number of amides is 2. The highest BCUT2D eigenvalue weighted by atomic mass is 35.5. The van der Waals surface area contributed by atoms with Crippen molar-refractivity contribution in [3.63, 3.8) is 0 Å². The molecule has 2 aromatic rings. The number of benzene rings is 2. The first kappa shape index (κ1) is 17.7. The highest BCUT2D eigenvalue weighted by molar-refractivity contribution is 6.30. The van der Waals surface area contributed by atoms with Gasteiger partial charge in [0.15, 0.2) is 0 Å². The number of nitrogens with zero attached hydrogens (tertiary/aromatic N) is 1. The van der Waals surface area contributed by atoms with Crippen LogP contribution in [0.5, 0.6) is 0 Å². The molecule has 0 aliphatic rings. The first-order chi connectivity index (χ1) is 11.5. The highest BCUT2D eigenvalue weighted by Crippen LogP contribution is 2.10. The number of halogens is 1. The van der Waals surface area contributed by atoms with Crippen molar-refractivity contribution in [1.29, 1.82) is 0 Å². The molecular formula is C18H18ClN3O2. The molecule has 0 aliphatic carbocycles. The molecule has 0 atom stereocenters. The topological polar surface area (TPSA) is 70.6 Å².